The number of carbonyl (C=O) groups excluding carboxylic acids is 1. The molecule has 9 aliphatic rings. The summed E-state index contributed by atoms with van der Waals surface area (Å²) in [6.07, 6.45) is -10.7. The fourth-order valence-corrected chi connectivity index (χ4v) is 13.7. The molecular formula is C47H72O18. The molecule has 7 fully saturated rings. The van der Waals surface area contributed by atoms with Crippen LogP contribution in [0.3, 0.4) is 0 Å². The van der Waals surface area contributed by atoms with Crippen LogP contribution in [0.25, 0.3) is 0 Å². The molecule has 0 bridgehead atoms. The first-order valence-corrected chi connectivity index (χ1v) is 24.0. The van der Waals surface area contributed by atoms with Gasteiger partial charge in [0.2, 0.25) is 0 Å². The van der Waals surface area contributed by atoms with E-state index in [1.807, 2.05) is 0 Å². The van der Waals surface area contributed by atoms with Crippen LogP contribution < -0.4 is 0 Å². The summed E-state index contributed by atoms with van der Waals surface area (Å²) >= 11 is 0. The molecule has 18 nitrogen and oxygen atoms in total. The van der Waals surface area contributed by atoms with Gasteiger partial charge < -0.3 is 83.5 Å². The fourth-order valence-electron chi connectivity index (χ4n) is 13.7. The highest BCUT2D eigenvalue weighted by Gasteiger charge is 2.68. The zero-order chi connectivity index (χ0) is 46.5. The van der Waals surface area contributed by atoms with Crippen LogP contribution >= 0.6 is 0 Å². The number of hydrogen-bond donors (Lipinski definition) is 8. The number of hydrogen-bond acceptors (Lipinski definition) is 18. The van der Waals surface area contributed by atoms with Crippen molar-refractivity contribution in [2.24, 2.45) is 34.5 Å². The first kappa shape index (κ1) is 48.3. The third-order valence-electron chi connectivity index (χ3n) is 17.8. The molecule has 0 aromatic heterocycles. The van der Waals surface area contributed by atoms with Gasteiger partial charge in [-0.05, 0) is 126 Å². The van der Waals surface area contributed by atoms with Crippen molar-refractivity contribution >= 4 is 5.97 Å². The molecule has 11 unspecified atom stereocenters. The summed E-state index contributed by atoms with van der Waals surface area (Å²) in [5.41, 5.74) is -0.144. The van der Waals surface area contributed by atoms with Gasteiger partial charge in [0.05, 0.1) is 42.2 Å². The summed E-state index contributed by atoms with van der Waals surface area (Å²) in [5, 5.41) is 90.8. The number of cyclic esters (lactones) is 1. The zero-order valence-electron chi connectivity index (χ0n) is 38.2. The predicted molar refractivity (Wildman–Crippen MR) is 224 cm³/mol. The number of aliphatic hydroxyl groups is 8. The van der Waals surface area contributed by atoms with E-state index in [9.17, 15) is 45.6 Å². The van der Waals surface area contributed by atoms with Crippen molar-refractivity contribution in [3.05, 3.63) is 23.8 Å². The second-order valence-electron chi connectivity index (χ2n) is 21.3. The summed E-state index contributed by atoms with van der Waals surface area (Å²) in [5.74, 6) is 0.642. The van der Waals surface area contributed by atoms with Crippen LogP contribution in [0.5, 0.6) is 0 Å². The van der Waals surface area contributed by atoms with Crippen LogP contribution in [0.15, 0.2) is 23.8 Å². The van der Waals surface area contributed by atoms with Gasteiger partial charge in [-0.2, -0.15) is 0 Å². The average molecular weight is 925 g/mol. The quantitative estimate of drug-likeness (QED) is 0.0906. The van der Waals surface area contributed by atoms with Crippen molar-refractivity contribution in [1.29, 1.82) is 0 Å². The number of carbonyl (C=O) groups is 1. The van der Waals surface area contributed by atoms with Gasteiger partial charge in [0.15, 0.2) is 25.2 Å². The molecule has 0 radical (unpaired) electrons. The fraction of sp³-hybridized carbons (Fsp3) is 0.894. The van der Waals surface area contributed by atoms with Gasteiger partial charge in [0.25, 0.3) is 0 Å². The highest BCUT2D eigenvalue weighted by Crippen LogP contribution is 2.70. The van der Waals surface area contributed by atoms with E-state index in [-0.39, 0.29) is 34.7 Å². The van der Waals surface area contributed by atoms with Crippen molar-refractivity contribution in [2.45, 2.75) is 222 Å². The molecule has 0 spiro atoms. The van der Waals surface area contributed by atoms with Crippen LogP contribution in [0.2, 0.25) is 0 Å². The molecule has 4 aliphatic carbocycles. The molecule has 0 aromatic carbocycles. The molecule has 4 saturated carbocycles. The van der Waals surface area contributed by atoms with Crippen LogP contribution in [0, 0.1) is 34.5 Å². The lowest BCUT2D eigenvalue weighted by Crippen LogP contribution is -2.66. The average Bonchev–Trinajstić information content (AvgIpc) is 3.82. The topological polar surface area (TPSA) is 262 Å². The molecular weight excluding hydrogens is 852 g/mol. The summed E-state index contributed by atoms with van der Waals surface area (Å²) in [7, 11) is 0. The lowest BCUT2D eigenvalue weighted by Gasteiger charge is -2.64. The van der Waals surface area contributed by atoms with Gasteiger partial charge >= 0.3 is 5.97 Å². The monoisotopic (exact) mass is 924 g/mol. The minimum atomic E-state index is -1.72. The highest BCUT2D eigenvalue weighted by molar-refractivity contribution is 5.85. The highest BCUT2D eigenvalue weighted by atomic mass is 16.8. The van der Waals surface area contributed by atoms with E-state index in [1.165, 1.54) is 19.1 Å². The van der Waals surface area contributed by atoms with Gasteiger partial charge in [0.1, 0.15) is 61.5 Å². The predicted octanol–water partition coefficient (Wildman–Crippen LogP) is 0.846. The number of esters is 1. The molecule has 26 atom stereocenters. The maximum absolute atomic E-state index is 12.6. The Bertz CT molecular complexity index is 1780. The Labute approximate surface area is 380 Å². The van der Waals surface area contributed by atoms with Crippen molar-refractivity contribution in [2.75, 3.05) is 6.61 Å². The lowest BCUT2D eigenvalue weighted by molar-refractivity contribution is -0.381. The van der Waals surface area contributed by atoms with Crippen molar-refractivity contribution < 1.29 is 88.3 Å². The third kappa shape index (κ3) is 8.39. The van der Waals surface area contributed by atoms with E-state index in [0.717, 1.165) is 50.5 Å². The number of rotatable bonds is 9. The molecule has 65 heavy (non-hydrogen) atoms. The van der Waals surface area contributed by atoms with E-state index >= 15 is 0 Å². The van der Waals surface area contributed by atoms with E-state index < -0.39 is 116 Å². The minimum absolute atomic E-state index is 0.0199. The van der Waals surface area contributed by atoms with Crippen molar-refractivity contribution in [1.82, 2.24) is 0 Å². The van der Waals surface area contributed by atoms with Crippen LogP contribution in [0.4, 0.5) is 0 Å². The first-order valence-electron chi connectivity index (χ1n) is 24.0. The zero-order valence-corrected chi connectivity index (χ0v) is 38.2. The summed E-state index contributed by atoms with van der Waals surface area (Å²) in [4.78, 5) is 12.0. The van der Waals surface area contributed by atoms with E-state index in [1.54, 1.807) is 26.8 Å². The van der Waals surface area contributed by atoms with Gasteiger partial charge in [-0.3, -0.25) is 0 Å². The molecule has 8 N–H and O–H groups in total. The molecule has 368 valence electrons. The molecule has 5 heterocycles. The Kier molecular flexibility index (Phi) is 13.6. The van der Waals surface area contributed by atoms with Crippen molar-refractivity contribution in [3.8, 4) is 0 Å². The maximum atomic E-state index is 12.6. The Morgan fingerprint density at radius 3 is 1.72 bits per heavy atom. The maximum Gasteiger partial charge on any atom is 0.331 e. The molecule has 0 amide bonds. The SMILES string of the molecule is CC1O[C@H](O[C@@H]2[C@H](O)C(O[C@@H]3[C@H](O)C(O[C@@H]4[C@H](O)C(O[C@H]5CCC6(C)C7CCC8(C)[C@@H](C9=CC(=O)OC9)CC[C@]8(O)C7CC[C@@H]6C5)OC(C)[C@@H]4O)OC(C)[C@@H]3O)OC(C)[C@@H]2O)C=C[C@@H]1O. The van der Waals surface area contributed by atoms with Crippen LogP contribution in [-0.2, 0) is 47.4 Å². The number of ether oxygens (including phenoxy) is 9. The Balaban J connectivity index is 0.830. The van der Waals surface area contributed by atoms with E-state index in [0.29, 0.717) is 31.3 Å². The summed E-state index contributed by atoms with van der Waals surface area (Å²) < 4.78 is 53.4. The lowest BCUT2D eigenvalue weighted by atomic mass is 9.43. The largest absolute Gasteiger partial charge is 0.458 e. The Morgan fingerprint density at radius 2 is 1.17 bits per heavy atom. The second-order valence-corrected chi connectivity index (χ2v) is 21.3. The summed E-state index contributed by atoms with van der Waals surface area (Å²) in [6.45, 7) is 11.3. The molecule has 9 rings (SSSR count). The molecule has 0 aromatic rings. The van der Waals surface area contributed by atoms with Crippen LogP contribution in [0.1, 0.15) is 99.3 Å². The summed E-state index contributed by atoms with van der Waals surface area (Å²) in [6, 6.07) is 0. The van der Waals surface area contributed by atoms with Gasteiger partial charge in [0, 0.05) is 11.5 Å². The normalized spacial score (nSPS) is 55.8. The minimum Gasteiger partial charge on any atom is -0.458 e. The molecule has 5 aliphatic heterocycles. The standard InChI is InChI=1S/C47H72O18/c1-20-30(48)9-10-32(58-20)63-39-33(50)21(2)60-43(36(39)53)65-41-35(52)23(4)61-44(38(41)55)64-40-34(51)22(3)59-42(37(40)54)62-26-11-14-45(5)25(18-26)7-8-29-28(45)12-15-46(6)27(13-16-47(29,46)56)24-17-31(49)57-19-24/h9-10,17,20-23,25-30,32-44,48,50-56H,7-8,11-16,18-19H2,1-6H3/t20?,21?,22?,23?,25-,26+,27-,28?,29?,30+,32-,33+,34+,35+,36+,37+,38+,39+,40+,41+,42?,43?,44?,45?,46?,47+/m1/s1. The number of fused-ring (bicyclic) bond motifs is 5. The van der Waals surface area contributed by atoms with Gasteiger partial charge in [-0.1, -0.05) is 19.9 Å². The Morgan fingerprint density at radius 1 is 0.600 bits per heavy atom. The molecule has 18 heteroatoms. The van der Waals surface area contributed by atoms with Gasteiger partial charge in [-0.15, -0.1) is 0 Å². The molecule has 3 saturated heterocycles. The van der Waals surface area contributed by atoms with Gasteiger partial charge in [-0.25, -0.2) is 4.79 Å². The smallest absolute Gasteiger partial charge is 0.331 e. The van der Waals surface area contributed by atoms with E-state index in [2.05, 4.69) is 13.8 Å². The van der Waals surface area contributed by atoms with E-state index in [4.69, 9.17) is 42.6 Å². The third-order valence-corrected chi connectivity index (χ3v) is 17.8. The van der Waals surface area contributed by atoms with Crippen molar-refractivity contribution in [3.63, 3.8) is 0 Å². The first-order chi connectivity index (χ1) is 30.7. The van der Waals surface area contributed by atoms with Crippen LogP contribution in [-0.4, -0.2) is 176 Å². The second kappa shape index (κ2) is 18.2. The number of aliphatic hydroxyl groups excluding tert-OH is 7. The Hall–Kier alpha value is -1.69.